The molecule has 0 aromatic carbocycles. The summed E-state index contributed by atoms with van der Waals surface area (Å²) in [5.74, 6) is 0.255. The summed E-state index contributed by atoms with van der Waals surface area (Å²) in [6.45, 7) is 5.28. The smallest absolute Gasteiger partial charge is 0.241 e. The van der Waals surface area contributed by atoms with Crippen molar-refractivity contribution in [1.29, 1.82) is 0 Å². The second kappa shape index (κ2) is 5.04. The summed E-state index contributed by atoms with van der Waals surface area (Å²) < 4.78 is 0. The van der Waals surface area contributed by atoms with Crippen LogP contribution in [0, 0.1) is 0 Å². The molecule has 2 fully saturated rings. The average Bonchev–Trinajstić information content (AvgIpc) is 2.43. The lowest BCUT2D eigenvalue weighted by Crippen LogP contribution is -2.63. The van der Waals surface area contributed by atoms with Crippen LogP contribution in [0.25, 0.3) is 0 Å². The summed E-state index contributed by atoms with van der Waals surface area (Å²) in [4.78, 5) is 20.6. The summed E-state index contributed by atoms with van der Waals surface area (Å²) >= 11 is 0. The van der Waals surface area contributed by atoms with E-state index >= 15 is 0 Å². The van der Waals surface area contributed by atoms with E-state index in [4.69, 9.17) is 0 Å². The molecular weight excluding hydrogens is 228 g/mol. The Balaban J connectivity index is 1.69. The summed E-state index contributed by atoms with van der Waals surface area (Å²) in [5, 5.41) is 3.30. The van der Waals surface area contributed by atoms with Gasteiger partial charge in [0.2, 0.25) is 5.91 Å². The van der Waals surface area contributed by atoms with Gasteiger partial charge in [-0.15, -0.1) is 0 Å². The van der Waals surface area contributed by atoms with Crippen molar-refractivity contribution in [1.82, 2.24) is 20.1 Å². The van der Waals surface area contributed by atoms with Gasteiger partial charge in [-0.05, 0) is 17.7 Å². The molecular formula is C13H18N4O. The van der Waals surface area contributed by atoms with Crippen LogP contribution in [0.4, 0.5) is 0 Å². The molecule has 0 bridgehead atoms. The number of fused-ring (bicyclic) bond motifs is 1. The van der Waals surface area contributed by atoms with Crippen molar-refractivity contribution in [3.8, 4) is 0 Å². The molecule has 0 aliphatic carbocycles. The molecule has 3 rings (SSSR count). The quantitative estimate of drug-likeness (QED) is 0.778. The molecule has 1 N–H and O–H groups in total. The van der Waals surface area contributed by atoms with E-state index in [1.54, 1.807) is 12.4 Å². The number of aromatic nitrogens is 1. The monoisotopic (exact) mass is 246 g/mol. The zero-order chi connectivity index (χ0) is 12.4. The van der Waals surface area contributed by atoms with Gasteiger partial charge in [0.05, 0.1) is 0 Å². The number of carbonyl (C=O) groups is 1. The van der Waals surface area contributed by atoms with Crippen LogP contribution in [-0.2, 0) is 11.3 Å². The number of piperazine rings is 2. The maximum atomic E-state index is 12.4. The zero-order valence-corrected chi connectivity index (χ0v) is 10.4. The Morgan fingerprint density at radius 3 is 2.94 bits per heavy atom. The number of amides is 1. The summed E-state index contributed by atoms with van der Waals surface area (Å²) in [6, 6.07) is 3.98. The fraction of sp³-hybridized carbons (Fsp3) is 0.538. The number of rotatable bonds is 2. The molecule has 0 radical (unpaired) electrons. The van der Waals surface area contributed by atoms with Crippen molar-refractivity contribution < 1.29 is 4.79 Å². The van der Waals surface area contributed by atoms with Gasteiger partial charge < -0.3 is 10.2 Å². The molecule has 1 aromatic heterocycles. The molecule has 96 valence electrons. The minimum absolute atomic E-state index is 0.0364. The van der Waals surface area contributed by atoms with Gasteiger partial charge in [-0.1, -0.05) is 0 Å². The third-order valence-corrected chi connectivity index (χ3v) is 3.73. The maximum Gasteiger partial charge on any atom is 0.241 e. The van der Waals surface area contributed by atoms with Gasteiger partial charge >= 0.3 is 0 Å². The molecule has 5 heteroatoms. The molecule has 0 saturated carbocycles. The first-order chi connectivity index (χ1) is 8.84. The average molecular weight is 246 g/mol. The first-order valence-corrected chi connectivity index (χ1v) is 6.47. The van der Waals surface area contributed by atoms with Crippen LogP contribution in [-0.4, -0.2) is 59.5 Å². The molecule has 1 unspecified atom stereocenters. The number of hydrogen-bond donors (Lipinski definition) is 1. The van der Waals surface area contributed by atoms with Crippen LogP contribution in [0.2, 0.25) is 0 Å². The molecule has 5 nitrogen and oxygen atoms in total. The van der Waals surface area contributed by atoms with Crippen LogP contribution >= 0.6 is 0 Å². The van der Waals surface area contributed by atoms with Gasteiger partial charge in [-0.25, -0.2) is 0 Å². The minimum atomic E-state index is 0.0364. The molecule has 1 atom stereocenters. The topological polar surface area (TPSA) is 48.5 Å². The molecule has 1 aromatic rings. The van der Waals surface area contributed by atoms with E-state index in [1.807, 2.05) is 17.0 Å². The number of pyridine rings is 1. The van der Waals surface area contributed by atoms with E-state index in [-0.39, 0.29) is 11.9 Å². The summed E-state index contributed by atoms with van der Waals surface area (Å²) in [5.41, 5.74) is 1.15. The van der Waals surface area contributed by atoms with Gasteiger partial charge in [-0.2, -0.15) is 0 Å². The third kappa shape index (κ3) is 2.23. The van der Waals surface area contributed by atoms with Crippen molar-refractivity contribution in [2.75, 3.05) is 32.7 Å². The fourth-order valence-electron chi connectivity index (χ4n) is 2.69. The summed E-state index contributed by atoms with van der Waals surface area (Å²) in [7, 11) is 0. The SMILES string of the molecule is O=C1C2CNCCN2CCN1Cc1ccncc1. The normalized spacial score (nSPS) is 25.0. The van der Waals surface area contributed by atoms with Crippen LogP contribution < -0.4 is 5.32 Å². The Morgan fingerprint density at radius 2 is 2.11 bits per heavy atom. The third-order valence-electron chi connectivity index (χ3n) is 3.73. The lowest BCUT2D eigenvalue weighted by Gasteiger charge is -2.43. The molecule has 3 heterocycles. The van der Waals surface area contributed by atoms with Gasteiger partial charge in [0.25, 0.3) is 0 Å². The van der Waals surface area contributed by atoms with Crippen molar-refractivity contribution in [2.24, 2.45) is 0 Å². The van der Waals surface area contributed by atoms with E-state index < -0.39 is 0 Å². The maximum absolute atomic E-state index is 12.4. The van der Waals surface area contributed by atoms with E-state index in [0.29, 0.717) is 6.54 Å². The largest absolute Gasteiger partial charge is 0.336 e. The van der Waals surface area contributed by atoms with Crippen molar-refractivity contribution >= 4 is 5.91 Å². The second-order valence-electron chi connectivity index (χ2n) is 4.87. The highest BCUT2D eigenvalue weighted by Crippen LogP contribution is 2.15. The van der Waals surface area contributed by atoms with E-state index in [2.05, 4.69) is 15.2 Å². The highest BCUT2D eigenvalue weighted by molar-refractivity contribution is 5.83. The van der Waals surface area contributed by atoms with Crippen LogP contribution in [0.15, 0.2) is 24.5 Å². The van der Waals surface area contributed by atoms with E-state index in [9.17, 15) is 4.79 Å². The van der Waals surface area contributed by atoms with Crippen molar-refractivity contribution in [3.63, 3.8) is 0 Å². The highest BCUT2D eigenvalue weighted by Gasteiger charge is 2.35. The van der Waals surface area contributed by atoms with Crippen molar-refractivity contribution in [3.05, 3.63) is 30.1 Å². The van der Waals surface area contributed by atoms with Crippen LogP contribution in [0.1, 0.15) is 5.56 Å². The Hall–Kier alpha value is -1.46. The molecule has 2 aliphatic rings. The Morgan fingerprint density at radius 1 is 1.28 bits per heavy atom. The Labute approximate surface area is 107 Å². The minimum Gasteiger partial charge on any atom is -0.336 e. The van der Waals surface area contributed by atoms with Gasteiger partial charge in [-0.3, -0.25) is 14.7 Å². The van der Waals surface area contributed by atoms with Gasteiger partial charge in [0, 0.05) is 51.7 Å². The number of hydrogen-bond acceptors (Lipinski definition) is 4. The molecule has 18 heavy (non-hydrogen) atoms. The first-order valence-electron chi connectivity index (χ1n) is 6.47. The van der Waals surface area contributed by atoms with Crippen molar-refractivity contribution in [2.45, 2.75) is 12.6 Å². The predicted octanol–water partition coefficient (Wildman–Crippen LogP) is -0.302. The molecule has 2 aliphatic heterocycles. The highest BCUT2D eigenvalue weighted by atomic mass is 16.2. The molecule has 0 spiro atoms. The Bertz CT molecular complexity index is 422. The van der Waals surface area contributed by atoms with Crippen LogP contribution in [0.3, 0.4) is 0 Å². The predicted molar refractivity (Wildman–Crippen MR) is 67.9 cm³/mol. The number of carbonyl (C=O) groups excluding carboxylic acids is 1. The lowest BCUT2D eigenvalue weighted by molar-refractivity contribution is -0.143. The van der Waals surface area contributed by atoms with Crippen LogP contribution in [0.5, 0.6) is 0 Å². The number of nitrogens with zero attached hydrogens (tertiary/aromatic N) is 3. The first kappa shape index (κ1) is 11.6. The second-order valence-corrected chi connectivity index (χ2v) is 4.87. The molecule has 1 amide bonds. The summed E-state index contributed by atoms with van der Waals surface area (Å²) in [6.07, 6.45) is 3.55. The zero-order valence-electron chi connectivity index (χ0n) is 10.4. The van der Waals surface area contributed by atoms with Gasteiger partial charge in [0.1, 0.15) is 6.04 Å². The number of nitrogens with one attached hydrogen (secondary N) is 1. The Kier molecular flexibility index (Phi) is 3.25. The van der Waals surface area contributed by atoms with E-state index in [1.165, 1.54) is 0 Å². The van der Waals surface area contributed by atoms with E-state index in [0.717, 1.165) is 38.3 Å². The van der Waals surface area contributed by atoms with Gasteiger partial charge in [0.15, 0.2) is 0 Å². The lowest BCUT2D eigenvalue weighted by atomic mass is 10.1. The standard InChI is InChI=1S/C13H18N4O/c18-13-12-9-15-5-6-16(12)7-8-17(13)10-11-1-3-14-4-2-11/h1-4,12,15H,5-10H2. The molecule has 2 saturated heterocycles. The fourth-order valence-corrected chi connectivity index (χ4v) is 2.69.